The van der Waals surface area contributed by atoms with Crippen LogP contribution in [0.4, 0.5) is 0 Å². The molecule has 1 heteroatoms. The van der Waals surface area contributed by atoms with E-state index >= 15 is 0 Å². The fraction of sp³-hybridized carbons (Fsp3) is 1.00. The van der Waals surface area contributed by atoms with Crippen LogP contribution >= 0.6 is 0 Å². The topological polar surface area (TPSA) is 26.0 Å². The first kappa shape index (κ1) is 10.0. The molecule has 0 aromatic rings. The summed E-state index contributed by atoms with van der Waals surface area (Å²) in [5, 5.41) is 0. The van der Waals surface area contributed by atoms with Crippen molar-refractivity contribution in [1.29, 1.82) is 0 Å². The second-order valence-corrected chi connectivity index (χ2v) is 4.42. The molecule has 0 amide bonds. The van der Waals surface area contributed by atoms with Gasteiger partial charge >= 0.3 is 0 Å². The van der Waals surface area contributed by atoms with Gasteiger partial charge in [-0.05, 0) is 24.8 Å². The molecule has 72 valence electrons. The van der Waals surface area contributed by atoms with Crippen molar-refractivity contribution in [3.63, 3.8) is 0 Å². The molecule has 0 heterocycles. The molecule has 0 aromatic heterocycles. The number of hydrogen-bond donors (Lipinski definition) is 1. The predicted molar refractivity (Wildman–Crippen MR) is 54.0 cm³/mol. The Labute approximate surface area is 76.7 Å². The number of rotatable bonds is 4. The maximum absolute atomic E-state index is 5.59. The van der Waals surface area contributed by atoms with Crippen LogP contribution in [0.1, 0.15) is 51.9 Å². The molecule has 1 nitrogen and oxygen atoms in total. The Balaban J connectivity index is 2.05. The molecule has 1 fully saturated rings. The van der Waals surface area contributed by atoms with Crippen LogP contribution in [0.15, 0.2) is 0 Å². The molecule has 2 N–H and O–H groups in total. The third kappa shape index (κ3) is 3.57. The highest BCUT2D eigenvalue weighted by Gasteiger charge is 2.13. The van der Waals surface area contributed by atoms with Crippen LogP contribution in [0.3, 0.4) is 0 Å². The van der Waals surface area contributed by atoms with Crippen molar-refractivity contribution in [2.24, 2.45) is 17.6 Å². The van der Waals surface area contributed by atoms with Crippen molar-refractivity contribution in [2.75, 3.05) is 6.54 Å². The second kappa shape index (κ2) is 5.58. The van der Waals surface area contributed by atoms with Crippen LogP contribution < -0.4 is 5.73 Å². The summed E-state index contributed by atoms with van der Waals surface area (Å²) < 4.78 is 0. The summed E-state index contributed by atoms with van der Waals surface area (Å²) in [5.74, 6) is 1.78. The molecule has 0 unspecified atom stereocenters. The minimum absolute atomic E-state index is 0.743. The summed E-state index contributed by atoms with van der Waals surface area (Å²) in [7, 11) is 0. The van der Waals surface area contributed by atoms with Crippen LogP contribution in [0.5, 0.6) is 0 Å². The Kier molecular flexibility index (Phi) is 4.67. The van der Waals surface area contributed by atoms with E-state index in [0.717, 1.165) is 18.4 Å². The molecule has 0 bridgehead atoms. The Morgan fingerprint density at radius 1 is 1.25 bits per heavy atom. The third-order valence-electron chi connectivity index (χ3n) is 3.19. The minimum atomic E-state index is 0.743. The monoisotopic (exact) mass is 169 g/mol. The van der Waals surface area contributed by atoms with Crippen molar-refractivity contribution in [3.8, 4) is 0 Å². The molecular weight excluding hydrogens is 146 g/mol. The van der Waals surface area contributed by atoms with Crippen molar-refractivity contribution >= 4 is 0 Å². The van der Waals surface area contributed by atoms with Crippen molar-refractivity contribution in [3.05, 3.63) is 0 Å². The number of hydrogen-bond acceptors (Lipinski definition) is 1. The quantitative estimate of drug-likeness (QED) is 0.688. The average Bonchev–Trinajstić information content (AvgIpc) is 2.16. The van der Waals surface area contributed by atoms with Gasteiger partial charge in [-0.25, -0.2) is 0 Å². The first-order chi connectivity index (χ1) is 5.83. The van der Waals surface area contributed by atoms with Gasteiger partial charge in [0.15, 0.2) is 0 Å². The maximum atomic E-state index is 5.59. The van der Waals surface area contributed by atoms with Gasteiger partial charge in [0.1, 0.15) is 0 Å². The highest BCUT2D eigenvalue weighted by molar-refractivity contribution is 4.67. The third-order valence-corrected chi connectivity index (χ3v) is 3.19. The first-order valence-electron chi connectivity index (χ1n) is 5.53. The highest BCUT2D eigenvalue weighted by atomic mass is 14.5. The van der Waals surface area contributed by atoms with E-state index in [1.165, 1.54) is 44.9 Å². The summed E-state index contributed by atoms with van der Waals surface area (Å²) in [6.07, 6.45) is 10.2. The Hall–Kier alpha value is -0.0400. The summed E-state index contributed by atoms with van der Waals surface area (Å²) in [6.45, 7) is 3.13. The lowest BCUT2D eigenvalue weighted by atomic mass is 9.84. The lowest BCUT2D eigenvalue weighted by Gasteiger charge is -2.22. The molecule has 0 radical (unpaired) electrons. The molecule has 0 saturated heterocycles. The summed E-state index contributed by atoms with van der Waals surface area (Å²) in [4.78, 5) is 0. The second-order valence-electron chi connectivity index (χ2n) is 4.42. The molecule has 1 rings (SSSR count). The normalized spacial score (nSPS) is 22.5. The van der Waals surface area contributed by atoms with Gasteiger partial charge in [-0.3, -0.25) is 0 Å². The van der Waals surface area contributed by atoms with Crippen molar-refractivity contribution in [1.82, 2.24) is 0 Å². The van der Waals surface area contributed by atoms with Gasteiger partial charge < -0.3 is 5.73 Å². The van der Waals surface area contributed by atoms with E-state index in [2.05, 4.69) is 6.92 Å². The number of nitrogens with two attached hydrogens (primary N) is 1. The molecular formula is C11H23N. The fourth-order valence-corrected chi connectivity index (χ4v) is 2.11. The van der Waals surface area contributed by atoms with Crippen LogP contribution in [0.25, 0.3) is 0 Å². The van der Waals surface area contributed by atoms with Gasteiger partial charge in [-0.15, -0.1) is 0 Å². The Morgan fingerprint density at radius 2 is 1.92 bits per heavy atom. The van der Waals surface area contributed by atoms with Gasteiger partial charge in [-0.1, -0.05) is 45.4 Å². The van der Waals surface area contributed by atoms with Gasteiger partial charge in [0, 0.05) is 0 Å². The van der Waals surface area contributed by atoms with Crippen LogP contribution in [-0.2, 0) is 0 Å². The fourth-order valence-electron chi connectivity index (χ4n) is 2.11. The Bertz CT molecular complexity index is 106. The van der Waals surface area contributed by atoms with Crippen LogP contribution in [0, 0.1) is 11.8 Å². The smallest absolute Gasteiger partial charge is 0.00515 e. The van der Waals surface area contributed by atoms with Gasteiger partial charge in [0.2, 0.25) is 0 Å². The largest absolute Gasteiger partial charge is 0.330 e. The van der Waals surface area contributed by atoms with E-state index in [1.807, 2.05) is 0 Å². The molecule has 0 spiro atoms. The van der Waals surface area contributed by atoms with E-state index in [0.29, 0.717) is 0 Å². The highest BCUT2D eigenvalue weighted by Crippen LogP contribution is 2.28. The van der Waals surface area contributed by atoms with E-state index in [-0.39, 0.29) is 0 Å². The minimum Gasteiger partial charge on any atom is -0.330 e. The predicted octanol–water partition coefficient (Wildman–Crippen LogP) is 2.94. The zero-order valence-corrected chi connectivity index (χ0v) is 8.39. The van der Waals surface area contributed by atoms with E-state index in [9.17, 15) is 0 Å². The van der Waals surface area contributed by atoms with E-state index < -0.39 is 0 Å². The van der Waals surface area contributed by atoms with E-state index in [1.54, 1.807) is 0 Å². The summed E-state index contributed by atoms with van der Waals surface area (Å²) in [6, 6.07) is 0. The summed E-state index contributed by atoms with van der Waals surface area (Å²) in [5.41, 5.74) is 5.59. The first-order valence-corrected chi connectivity index (χ1v) is 5.53. The zero-order valence-electron chi connectivity index (χ0n) is 8.39. The standard InChI is InChI=1S/C11H23N/c1-10(9-12)7-8-11-5-3-2-4-6-11/h10-11H,2-9,12H2,1H3/t10-/m1/s1. The maximum Gasteiger partial charge on any atom is -0.00515 e. The Morgan fingerprint density at radius 3 is 2.50 bits per heavy atom. The SMILES string of the molecule is C[C@@H](CN)CCC1CCCCC1. The molecule has 1 aliphatic carbocycles. The average molecular weight is 169 g/mol. The molecule has 1 atom stereocenters. The van der Waals surface area contributed by atoms with Gasteiger partial charge in [0.25, 0.3) is 0 Å². The van der Waals surface area contributed by atoms with Crippen LogP contribution in [-0.4, -0.2) is 6.54 Å². The molecule has 0 aliphatic heterocycles. The molecule has 0 aromatic carbocycles. The zero-order chi connectivity index (χ0) is 8.81. The van der Waals surface area contributed by atoms with Gasteiger partial charge in [-0.2, -0.15) is 0 Å². The van der Waals surface area contributed by atoms with Crippen molar-refractivity contribution in [2.45, 2.75) is 51.9 Å². The van der Waals surface area contributed by atoms with Gasteiger partial charge in [0.05, 0.1) is 0 Å². The summed E-state index contributed by atoms with van der Waals surface area (Å²) >= 11 is 0. The molecule has 1 aliphatic rings. The molecule has 1 saturated carbocycles. The van der Waals surface area contributed by atoms with Crippen molar-refractivity contribution < 1.29 is 0 Å². The lowest BCUT2D eigenvalue weighted by molar-refractivity contribution is 0.314. The lowest BCUT2D eigenvalue weighted by Crippen LogP contribution is -2.13. The van der Waals surface area contributed by atoms with E-state index in [4.69, 9.17) is 5.73 Å². The van der Waals surface area contributed by atoms with Crippen LogP contribution in [0.2, 0.25) is 0 Å². The molecule has 12 heavy (non-hydrogen) atoms.